The zero-order chi connectivity index (χ0) is 20.5. The zero-order valence-electron chi connectivity index (χ0n) is 15.9. The van der Waals surface area contributed by atoms with E-state index in [9.17, 15) is 14.7 Å². The van der Waals surface area contributed by atoms with Gasteiger partial charge in [0.05, 0.1) is 17.6 Å². The first kappa shape index (κ1) is 18.6. The smallest absolute Gasteiger partial charge is 0.235 e. The maximum atomic E-state index is 13.2. The fourth-order valence-corrected chi connectivity index (χ4v) is 3.03. The van der Waals surface area contributed by atoms with Crippen molar-refractivity contribution in [3.8, 4) is 17.3 Å². The van der Waals surface area contributed by atoms with Crippen molar-refractivity contribution in [3.05, 3.63) is 87.3 Å². The molecular weight excluding hydrogens is 372 g/mol. The Hall–Kier alpha value is -3.80. The van der Waals surface area contributed by atoms with E-state index in [0.29, 0.717) is 22.3 Å². The van der Waals surface area contributed by atoms with Gasteiger partial charge < -0.3 is 23.5 Å². The molecule has 4 aromatic rings. The zero-order valence-corrected chi connectivity index (χ0v) is 15.9. The third-order valence-electron chi connectivity index (χ3n) is 4.78. The van der Waals surface area contributed by atoms with Gasteiger partial charge in [0, 0.05) is 0 Å². The molecule has 0 atom stereocenters. The first-order chi connectivity index (χ1) is 13.9. The van der Waals surface area contributed by atoms with E-state index in [1.54, 1.807) is 30.3 Å². The monoisotopic (exact) mass is 389 g/mol. The van der Waals surface area contributed by atoms with E-state index in [1.165, 1.54) is 18.4 Å². The normalized spacial score (nSPS) is 11.0. The number of furan rings is 1. The molecule has 0 spiro atoms. The van der Waals surface area contributed by atoms with Gasteiger partial charge >= 0.3 is 0 Å². The van der Waals surface area contributed by atoms with Crippen molar-refractivity contribution < 1.29 is 23.5 Å². The van der Waals surface area contributed by atoms with Crippen LogP contribution in [0.3, 0.4) is 0 Å². The number of aromatic carboxylic acids is 1. The van der Waals surface area contributed by atoms with E-state index in [-0.39, 0.29) is 29.1 Å². The molecule has 2 aromatic heterocycles. The van der Waals surface area contributed by atoms with Gasteiger partial charge in [0.2, 0.25) is 16.9 Å². The van der Waals surface area contributed by atoms with Crippen LogP contribution in [0.1, 0.15) is 27.0 Å². The van der Waals surface area contributed by atoms with Crippen LogP contribution in [0.4, 0.5) is 0 Å². The molecule has 0 bridgehead atoms. The number of hydrogen-bond acceptors (Lipinski definition) is 6. The Morgan fingerprint density at radius 1 is 1.07 bits per heavy atom. The summed E-state index contributed by atoms with van der Waals surface area (Å²) in [5.74, 6) is -0.621. The van der Waals surface area contributed by atoms with E-state index in [2.05, 4.69) is 0 Å². The van der Waals surface area contributed by atoms with Gasteiger partial charge in [-0.05, 0) is 60.4 Å². The van der Waals surface area contributed by atoms with Crippen molar-refractivity contribution in [3.63, 3.8) is 0 Å². The molecule has 2 aromatic carbocycles. The highest BCUT2D eigenvalue weighted by Crippen LogP contribution is 2.32. The Bertz CT molecular complexity index is 1250. The molecule has 29 heavy (non-hydrogen) atoms. The number of fused-ring (bicyclic) bond motifs is 1. The van der Waals surface area contributed by atoms with Gasteiger partial charge in [0.25, 0.3) is 0 Å². The van der Waals surface area contributed by atoms with E-state index >= 15 is 0 Å². The lowest BCUT2D eigenvalue weighted by atomic mass is 10.1. The maximum Gasteiger partial charge on any atom is 0.235 e. The first-order valence-electron chi connectivity index (χ1n) is 8.99. The van der Waals surface area contributed by atoms with E-state index < -0.39 is 5.97 Å². The number of carboxylic acids is 1. The van der Waals surface area contributed by atoms with Crippen LogP contribution in [0.25, 0.3) is 22.5 Å². The predicted octanol–water partition coefficient (Wildman–Crippen LogP) is 3.61. The summed E-state index contributed by atoms with van der Waals surface area (Å²) in [6, 6.07) is 13.1. The molecule has 0 N–H and O–H groups in total. The lowest BCUT2D eigenvalue weighted by molar-refractivity contribution is -0.255. The highest BCUT2D eigenvalue weighted by atomic mass is 16.5. The number of rotatable bonds is 5. The molecule has 6 nitrogen and oxygen atoms in total. The lowest BCUT2D eigenvalue weighted by Gasteiger charge is -2.12. The van der Waals surface area contributed by atoms with Crippen molar-refractivity contribution in [2.75, 3.05) is 0 Å². The van der Waals surface area contributed by atoms with Crippen molar-refractivity contribution in [2.45, 2.75) is 20.5 Å². The van der Waals surface area contributed by atoms with E-state index in [1.807, 2.05) is 19.9 Å². The van der Waals surface area contributed by atoms with Crippen LogP contribution in [0.2, 0.25) is 0 Å². The third-order valence-corrected chi connectivity index (χ3v) is 4.78. The number of carboxylic acid groups (broad SMARTS) is 1. The van der Waals surface area contributed by atoms with Crippen LogP contribution in [0.15, 0.2) is 68.4 Å². The fraction of sp³-hybridized carbons (Fsp3) is 0.130. The number of ether oxygens (including phenoxy) is 1. The number of benzene rings is 2. The molecule has 0 radical (unpaired) electrons. The summed E-state index contributed by atoms with van der Waals surface area (Å²) in [7, 11) is 0. The Morgan fingerprint density at radius 3 is 2.45 bits per heavy atom. The van der Waals surface area contributed by atoms with Crippen LogP contribution < -0.4 is 15.3 Å². The van der Waals surface area contributed by atoms with Crippen LogP contribution in [0.5, 0.6) is 5.75 Å². The molecule has 0 amide bonds. The summed E-state index contributed by atoms with van der Waals surface area (Å²) in [4.78, 5) is 24.0. The van der Waals surface area contributed by atoms with Gasteiger partial charge in [0.15, 0.2) is 5.76 Å². The summed E-state index contributed by atoms with van der Waals surface area (Å²) in [6.07, 6.45) is 1.49. The Balaban J connectivity index is 1.78. The second kappa shape index (κ2) is 7.31. The minimum atomic E-state index is -1.25. The van der Waals surface area contributed by atoms with E-state index in [4.69, 9.17) is 13.6 Å². The molecule has 0 saturated carbocycles. The highest BCUT2D eigenvalue weighted by Gasteiger charge is 2.20. The fourth-order valence-electron chi connectivity index (χ4n) is 3.03. The summed E-state index contributed by atoms with van der Waals surface area (Å²) >= 11 is 0. The van der Waals surface area contributed by atoms with Crippen molar-refractivity contribution in [2.24, 2.45) is 0 Å². The Labute approximate surface area is 166 Å². The molecule has 6 heteroatoms. The molecule has 2 heterocycles. The van der Waals surface area contributed by atoms with Crippen LogP contribution in [0, 0.1) is 13.8 Å². The molecule has 0 aliphatic carbocycles. The van der Waals surface area contributed by atoms with Gasteiger partial charge in [-0.15, -0.1) is 0 Å². The van der Waals surface area contributed by atoms with Crippen LogP contribution >= 0.6 is 0 Å². The van der Waals surface area contributed by atoms with Gasteiger partial charge in [-0.2, -0.15) is 0 Å². The summed E-state index contributed by atoms with van der Waals surface area (Å²) < 4.78 is 17.2. The number of aryl methyl sites for hydroxylation is 2. The minimum Gasteiger partial charge on any atom is -0.545 e. The molecule has 0 unspecified atom stereocenters. The average molecular weight is 389 g/mol. The van der Waals surface area contributed by atoms with Gasteiger partial charge in [-0.3, -0.25) is 4.79 Å². The highest BCUT2D eigenvalue weighted by molar-refractivity contribution is 5.85. The molecule has 0 aliphatic heterocycles. The van der Waals surface area contributed by atoms with Crippen molar-refractivity contribution >= 4 is 16.9 Å². The van der Waals surface area contributed by atoms with Gasteiger partial charge in [-0.1, -0.05) is 24.3 Å². The van der Waals surface area contributed by atoms with Crippen molar-refractivity contribution in [1.82, 2.24) is 0 Å². The minimum absolute atomic E-state index is 0.0414. The molecule has 146 valence electrons. The number of carbonyl (C=O) groups is 1. The molecule has 4 rings (SSSR count). The Kier molecular flexibility index (Phi) is 4.68. The molecule has 0 fully saturated rings. The van der Waals surface area contributed by atoms with Gasteiger partial charge in [-0.25, -0.2) is 0 Å². The first-order valence-corrected chi connectivity index (χ1v) is 8.99. The lowest BCUT2D eigenvalue weighted by Crippen LogP contribution is -2.22. The van der Waals surface area contributed by atoms with E-state index in [0.717, 1.165) is 11.1 Å². The second-order valence-electron chi connectivity index (χ2n) is 6.77. The van der Waals surface area contributed by atoms with Crippen LogP contribution in [-0.4, -0.2) is 5.97 Å². The quantitative estimate of drug-likeness (QED) is 0.518. The largest absolute Gasteiger partial charge is 0.545 e. The number of carbonyl (C=O) groups excluding carboxylic acids is 1. The Morgan fingerprint density at radius 2 is 1.79 bits per heavy atom. The number of hydrogen-bond donors (Lipinski definition) is 0. The maximum absolute atomic E-state index is 13.2. The second-order valence-corrected chi connectivity index (χ2v) is 6.77. The summed E-state index contributed by atoms with van der Waals surface area (Å²) in [5.41, 5.74) is 2.90. The third kappa shape index (κ3) is 3.52. The molecule has 0 saturated heterocycles. The topological polar surface area (TPSA) is 92.7 Å². The average Bonchev–Trinajstić information content (AvgIpc) is 3.24. The predicted molar refractivity (Wildman–Crippen MR) is 105 cm³/mol. The molecule has 0 aliphatic rings. The molecular formula is C23H17O6-. The standard InChI is InChI=1S/C23H18O6/c1-13-10-17-19(11-14(13)2)29-21(18-4-3-9-27-18)22(20(17)24)28-12-15-5-7-16(8-6-15)23(25)26/h3-11H,12H2,1-2H3,(H,25,26)/p-1. The summed E-state index contributed by atoms with van der Waals surface area (Å²) in [6.45, 7) is 3.93. The van der Waals surface area contributed by atoms with Crippen molar-refractivity contribution in [1.29, 1.82) is 0 Å². The van der Waals surface area contributed by atoms with Crippen LogP contribution in [-0.2, 0) is 6.61 Å². The summed E-state index contributed by atoms with van der Waals surface area (Å²) in [5, 5.41) is 11.3. The van der Waals surface area contributed by atoms with Gasteiger partial charge in [0.1, 0.15) is 12.2 Å². The SMILES string of the molecule is Cc1cc2oc(-c3ccco3)c(OCc3ccc(C(=O)[O-])cc3)c(=O)c2cc1C.